The van der Waals surface area contributed by atoms with E-state index < -0.39 is 10.8 Å². The molecule has 0 spiro atoms. The van der Waals surface area contributed by atoms with Crippen LogP contribution in [0.5, 0.6) is 0 Å². The van der Waals surface area contributed by atoms with Crippen molar-refractivity contribution in [2.45, 2.75) is 39.4 Å². The van der Waals surface area contributed by atoms with E-state index in [-0.39, 0.29) is 6.04 Å². The maximum atomic E-state index is 11.0. The summed E-state index contributed by atoms with van der Waals surface area (Å²) >= 11 is 0. The van der Waals surface area contributed by atoms with Crippen LogP contribution in [0.1, 0.15) is 26.1 Å². The molecule has 2 atom stereocenters. The Morgan fingerprint density at radius 2 is 2.38 bits per heavy atom. The molecule has 0 fully saturated rings. The molecule has 0 amide bonds. The van der Waals surface area contributed by atoms with Gasteiger partial charge in [-0.05, 0) is 13.3 Å². The van der Waals surface area contributed by atoms with Crippen molar-refractivity contribution in [1.29, 1.82) is 0 Å². The number of aryl methyl sites for hydroxylation is 1. The predicted molar refractivity (Wildman–Crippen MR) is 67.8 cm³/mol. The van der Waals surface area contributed by atoms with Crippen LogP contribution in [0.25, 0.3) is 0 Å². The average molecular weight is 243 g/mol. The third-order valence-corrected chi connectivity index (χ3v) is 3.33. The van der Waals surface area contributed by atoms with E-state index in [2.05, 4.69) is 28.7 Å². The average Bonchev–Trinajstić information content (AvgIpc) is 2.62. The lowest BCUT2D eigenvalue weighted by molar-refractivity contribution is 0.542. The molecule has 0 aliphatic heterocycles. The fraction of sp³-hybridized carbons (Fsp3) is 0.727. The van der Waals surface area contributed by atoms with Crippen molar-refractivity contribution >= 4 is 10.8 Å². The molecule has 0 saturated heterocycles. The number of rotatable bonds is 7. The fourth-order valence-electron chi connectivity index (χ4n) is 1.63. The molecule has 4 nitrogen and oxygen atoms in total. The molecule has 0 aliphatic rings. The van der Waals surface area contributed by atoms with Crippen molar-refractivity contribution in [3.8, 4) is 0 Å². The Kier molecular flexibility index (Phi) is 5.69. The summed E-state index contributed by atoms with van der Waals surface area (Å²) in [4.78, 5) is 4.31. The summed E-state index contributed by atoms with van der Waals surface area (Å²) in [6.07, 6.45) is 6.67. The number of hydrogen-bond donors (Lipinski definition) is 1. The summed E-state index contributed by atoms with van der Waals surface area (Å²) in [5.74, 6) is 1.74. The Morgan fingerprint density at radius 3 is 3.00 bits per heavy atom. The maximum Gasteiger partial charge on any atom is 0.122 e. The molecule has 1 aromatic heterocycles. The van der Waals surface area contributed by atoms with E-state index in [0.717, 1.165) is 25.3 Å². The van der Waals surface area contributed by atoms with Crippen LogP contribution in [0.2, 0.25) is 0 Å². The minimum absolute atomic E-state index is 0.262. The lowest BCUT2D eigenvalue weighted by Crippen LogP contribution is -2.31. The molecule has 0 radical (unpaired) electrons. The first-order chi connectivity index (χ1) is 7.63. The molecule has 2 unspecified atom stereocenters. The highest BCUT2D eigenvalue weighted by Gasteiger charge is 2.06. The zero-order valence-corrected chi connectivity index (χ0v) is 11.1. The zero-order chi connectivity index (χ0) is 12.0. The molecule has 1 heterocycles. The van der Waals surface area contributed by atoms with Gasteiger partial charge in [-0.3, -0.25) is 4.21 Å². The maximum absolute atomic E-state index is 11.0. The van der Waals surface area contributed by atoms with Crippen molar-refractivity contribution in [3.05, 3.63) is 18.2 Å². The molecule has 92 valence electrons. The van der Waals surface area contributed by atoms with Gasteiger partial charge in [0.05, 0.1) is 6.54 Å². The van der Waals surface area contributed by atoms with Crippen molar-refractivity contribution in [2.24, 2.45) is 0 Å². The standard InChI is InChI=1S/C11H21N3OS/c1-4-6-14-7-5-12-11(14)8-13-10(2)9-16(3)15/h5,7,10,13H,4,6,8-9H2,1-3H3. The molecule has 16 heavy (non-hydrogen) atoms. The Balaban J connectivity index is 2.41. The number of nitrogens with one attached hydrogen (secondary N) is 1. The third-order valence-electron chi connectivity index (χ3n) is 2.36. The SMILES string of the molecule is CCCn1ccnc1CNC(C)CS(C)=O. The molecular weight excluding hydrogens is 222 g/mol. The van der Waals surface area contributed by atoms with Crippen molar-refractivity contribution in [1.82, 2.24) is 14.9 Å². The lowest BCUT2D eigenvalue weighted by Gasteiger charge is -2.13. The molecule has 1 rings (SSSR count). The van der Waals surface area contributed by atoms with Crippen LogP contribution >= 0.6 is 0 Å². The summed E-state index contributed by atoms with van der Waals surface area (Å²) in [6.45, 7) is 5.95. The van der Waals surface area contributed by atoms with Crippen LogP contribution in [-0.2, 0) is 23.9 Å². The van der Waals surface area contributed by atoms with Crippen LogP contribution in [0.15, 0.2) is 12.4 Å². The zero-order valence-electron chi connectivity index (χ0n) is 10.3. The third kappa shape index (κ3) is 4.45. The van der Waals surface area contributed by atoms with Gasteiger partial charge in [-0.15, -0.1) is 0 Å². The molecule has 1 aromatic rings. The van der Waals surface area contributed by atoms with Crippen molar-refractivity contribution < 1.29 is 4.21 Å². The Morgan fingerprint density at radius 1 is 1.62 bits per heavy atom. The predicted octanol–water partition coefficient (Wildman–Crippen LogP) is 1.15. The van der Waals surface area contributed by atoms with Crippen LogP contribution in [0.3, 0.4) is 0 Å². The largest absolute Gasteiger partial charge is 0.334 e. The Bertz CT molecular complexity index is 338. The number of hydrogen-bond acceptors (Lipinski definition) is 3. The fourth-order valence-corrected chi connectivity index (χ4v) is 2.45. The van der Waals surface area contributed by atoms with Crippen molar-refractivity contribution in [3.63, 3.8) is 0 Å². The molecule has 0 bridgehead atoms. The number of imidazole rings is 1. The van der Waals surface area contributed by atoms with Crippen LogP contribution < -0.4 is 5.32 Å². The summed E-state index contributed by atoms with van der Waals surface area (Å²) < 4.78 is 13.2. The molecule has 0 aromatic carbocycles. The normalized spacial score (nSPS) is 14.9. The second-order valence-electron chi connectivity index (χ2n) is 4.06. The first kappa shape index (κ1) is 13.4. The second-order valence-corrected chi connectivity index (χ2v) is 5.54. The molecule has 0 aliphatic carbocycles. The van der Waals surface area contributed by atoms with Gasteiger partial charge >= 0.3 is 0 Å². The van der Waals surface area contributed by atoms with E-state index in [1.54, 1.807) is 6.26 Å². The molecule has 5 heteroatoms. The number of nitrogens with zero attached hydrogens (tertiary/aromatic N) is 2. The van der Waals surface area contributed by atoms with Gasteiger partial charge < -0.3 is 9.88 Å². The minimum Gasteiger partial charge on any atom is -0.334 e. The smallest absolute Gasteiger partial charge is 0.122 e. The van der Waals surface area contributed by atoms with Gasteiger partial charge in [-0.2, -0.15) is 0 Å². The van der Waals surface area contributed by atoms with E-state index >= 15 is 0 Å². The lowest BCUT2D eigenvalue weighted by atomic mass is 10.4. The first-order valence-electron chi connectivity index (χ1n) is 5.67. The van der Waals surface area contributed by atoms with Gasteiger partial charge in [-0.25, -0.2) is 4.98 Å². The van der Waals surface area contributed by atoms with Gasteiger partial charge in [0.25, 0.3) is 0 Å². The van der Waals surface area contributed by atoms with Gasteiger partial charge in [0, 0.05) is 47.8 Å². The highest BCUT2D eigenvalue weighted by Crippen LogP contribution is 1.99. The first-order valence-corrected chi connectivity index (χ1v) is 7.39. The van der Waals surface area contributed by atoms with E-state index in [4.69, 9.17) is 0 Å². The highest BCUT2D eigenvalue weighted by atomic mass is 32.2. The highest BCUT2D eigenvalue weighted by molar-refractivity contribution is 7.84. The Labute approximate surface area is 99.9 Å². The monoisotopic (exact) mass is 243 g/mol. The summed E-state index contributed by atoms with van der Waals surface area (Å²) in [6, 6.07) is 0.262. The van der Waals surface area contributed by atoms with E-state index in [1.807, 2.05) is 12.4 Å². The van der Waals surface area contributed by atoms with E-state index in [0.29, 0.717) is 5.75 Å². The number of aromatic nitrogens is 2. The minimum atomic E-state index is -0.742. The summed E-state index contributed by atoms with van der Waals surface area (Å²) in [7, 11) is -0.742. The summed E-state index contributed by atoms with van der Waals surface area (Å²) in [5.41, 5.74) is 0. The van der Waals surface area contributed by atoms with E-state index in [9.17, 15) is 4.21 Å². The van der Waals surface area contributed by atoms with Crippen molar-refractivity contribution in [2.75, 3.05) is 12.0 Å². The Hall–Kier alpha value is -0.680. The quantitative estimate of drug-likeness (QED) is 0.781. The van der Waals surface area contributed by atoms with Gasteiger partial charge in [-0.1, -0.05) is 6.92 Å². The second kappa shape index (κ2) is 6.81. The van der Waals surface area contributed by atoms with Gasteiger partial charge in [0.15, 0.2) is 0 Å². The van der Waals surface area contributed by atoms with Crippen LogP contribution in [-0.4, -0.2) is 31.8 Å². The topological polar surface area (TPSA) is 46.9 Å². The molecule has 0 saturated carbocycles. The molecule has 1 N–H and O–H groups in total. The van der Waals surface area contributed by atoms with Gasteiger partial charge in [0.1, 0.15) is 5.82 Å². The van der Waals surface area contributed by atoms with Crippen LogP contribution in [0.4, 0.5) is 0 Å². The van der Waals surface area contributed by atoms with Gasteiger partial charge in [0.2, 0.25) is 0 Å². The van der Waals surface area contributed by atoms with Crippen LogP contribution in [0, 0.1) is 0 Å². The molecular formula is C11H21N3OS. The summed E-state index contributed by atoms with van der Waals surface area (Å²) in [5, 5.41) is 3.34. The van der Waals surface area contributed by atoms with E-state index in [1.165, 1.54) is 0 Å².